The Hall–Kier alpha value is -3.56. The Morgan fingerprint density at radius 1 is 1.46 bits per heavy atom. The second-order valence-corrected chi connectivity index (χ2v) is 6.47. The number of nitriles is 1. The van der Waals surface area contributed by atoms with Gasteiger partial charge in [0.25, 0.3) is 11.5 Å². The van der Waals surface area contributed by atoms with Gasteiger partial charge in [-0.05, 0) is 19.9 Å². The average molecular weight is 396 g/mol. The molecule has 0 spiro atoms. The van der Waals surface area contributed by atoms with Gasteiger partial charge in [-0.25, -0.2) is 4.98 Å². The predicted octanol–water partition coefficient (Wildman–Crippen LogP) is 0.0303. The number of hydrogen-bond donors (Lipinski definition) is 3. The fourth-order valence-corrected chi connectivity index (χ4v) is 3.44. The van der Waals surface area contributed by atoms with Crippen molar-refractivity contribution < 1.29 is 4.79 Å². The Balaban J connectivity index is 2.49. The molecule has 0 bridgehead atoms. The number of amides is 1. The summed E-state index contributed by atoms with van der Waals surface area (Å²) in [5.41, 5.74) is 0.324. The number of anilines is 2. The molecule has 0 saturated carbocycles. The fourth-order valence-electron chi connectivity index (χ4n) is 2.35. The minimum atomic E-state index is -0.604. The highest BCUT2D eigenvalue weighted by molar-refractivity contribution is 7.07. The number of hydrogen-bond acceptors (Lipinski definition) is 7. The highest BCUT2D eigenvalue weighted by atomic mass is 32.1. The number of rotatable bonds is 7. The molecule has 3 N–H and O–H groups in total. The molecule has 0 aliphatic heterocycles. The van der Waals surface area contributed by atoms with E-state index in [0.29, 0.717) is 21.6 Å². The van der Waals surface area contributed by atoms with E-state index in [9.17, 15) is 14.9 Å². The Morgan fingerprint density at radius 2 is 2.25 bits per heavy atom. The summed E-state index contributed by atoms with van der Waals surface area (Å²) < 4.78 is 2.06. The van der Waals surface area contributed by atoms with E-state index in [4.69, 9.17) is 6.42 Å². The van der Waals surface area contributed by atoms with Crippen LogP contribution in [-0.4, -0.2) is 28.5 Å². The van der Waals surface area contributed by atoms with E-state index in [-0.39, 0.29) is 17.7 Å². The van der Waals surface area contributed by atoms with Crippen molar-refractivity contribution in [3.8, 4) is 18.4 Å². The highest BCUT2D eigenvalue weighted by Crippen LogP contribution is 2.11. The van der Waals surface area contributed by atoms with Gasteiger partial charge in [0.05, 0.1) is 6.54 Å². The van der Waals surface area contributed by atoms with E-state index in [1.807, 2.05) is 19.1 Å². The summed E-state index contributed by atoms with van der Waals surface area (Å²) in [4.78, 5) is 29.0. The lowest BCUT2D eigenvalue weighted by Crippen LogP contribution is -2.34. The maximum atomic E-state index is 12.7. The quantitative estimate of drug-likeness (QED) is 0.570. The summed E-state index contributed by atoms with van der Waals surface area (Å²) in [6.07, 6.45) is 8.34. The van der Waals surface area contributed by atoms with Gasteiger partial charge < -0.3 is 16.0 Å². The van der Waals surface area contributed by atoms with Gasteiger partial charge in [-0.2, -0.15) is 5.26 Å². The monoisotopic (exact) mass is 396 g/mol. The molecule has 0 unspecified atom stereocenters. The third kappa shape index (κ3) is 4.78. The molecule has 0 fully saturated rings. The van der Waals surface area contributed by atoms with E-state index in [0.717, 1.165) is 23.6 Å². The van der Waals surface area contributed by atoms with E-state index < -0.39 is 5.91 Å². The maximum absolute atomic E-state index is 12.7. The molecule has 9 heteroatoms. The Kier molecular flexibility index (Phi) is 7.37. The topological polar surface area (TPSA) is 112 Å². The molecule has 8 nitrogen and oxygen atoms in total. The molecule has 0 aliphatic carbocycles. The van der Waals surface area contributed by atoms with Gasteiger partial charge >= 0.3 is 0 Å². The van der Waals surface area contributed by atoms with Crippen LogP contribution in [0.1, 0.15) is 13.8 Å². The zero-order valence-electron chi connectivity index (χ0n) is 15.6. The molecular formula is C19H20N6O2S. The number of terminal acetylenes is 1. The lowest BCUT2D eigenvalue weighted by atomic mass is 10.3. The summed E-state index contributed by atoms with van der Waals surface area (Å²) in [5.74, 6) is 2.39. The van der Waals surface area contributed by atoms with Crippen molar-refractivity contribution >= 4 is 40.5 Å². The molecule has 0 aliphatic rings. The zero-order valence-corrected chi connectivity index (χ0v) is 16.4. The molecule has 0 radical (unpaired) electrons. The number of nitrogens with one attached hydrogen (secondary N) is 3. The number of pyridine rings is 1. The van der Waals surface area contributed by atoms with Gasteiger partial charge in [-0.1, -0.05) is 5.92 Å². The summed E-state index contributed by atoms with van der Waals surface area (Å²) >= 11 is 1.07. The van der Waals surface area contributed by atoms with Crippen LogP contribution in [0.4, 0.5) is 11.5 Å². The summed E-state index contributed by atoms with van der Waals surface area (Å²) in [6, 6.07) is 5.45. The van der Waals surface area contributed by atoms with Crippen molar-refractivity contribution in [1.29, 1.82) is 5.26 Å². The summed E-state index contributed by atoms with van der Waals surface area (Å²) in [7, 11) is 0. The third-order valence-electron chi connectivity index (χ3n) is 3.62. The second kappa shape index (κ2) is 9.95. The fraction of sp³-hybridized carbons (Fsp3) is 0.263. The molecule has 2 aromatic heterocycles. The van der Waals surface area contributed by atoms with Crippen LogP contribution < -0.4 is 30.7 Å². The van der Waals surface area contributed by atoms with Gasteiger partial charge in [0.1, 0.15) is 21.1 Å². The van der Waals surface area contributed by atoms with Crippen LogP contribution in [0.15, 0.2) is 23.1 Å². The molecule has 2 rings (SSSR count). The van der Waals surface area contributed by atoms with E-state index in [2.05, 4.69) is 26.9 Å². The molecule has 144 valence electrons. The van der Waals surface area contributed by atoms with Gasteiger partial charge in [-0.15, -0.1) is 17.8 Å². The molecular weight excluding hydrogens is 376 g/mol. The largest absolute Gasteiger partial charge is 0.370 e. The number of thiazole rings is 1. The second-order valence-electron chi connectivity index (χ2n) is 5.44. The van der Waals surface area contributed by atoms with Gasteiger partial charge in [0, 0.05) is 37.2 Å². The lowest BCUT2D eigenvalue weighted by molar-refractivity contribution is -0.115. The van der Waals surface area contributed by atoms with Crippen LogP contribution >= 0.6 is 11.3 Å². The molecule has 0 saturated heterocycles. The van der Waals surface area contributed by atoms with Crippen molar-refractivity contribution in [2.24, 2.45) is 0 Å². The van der Waals surface area contributed by atoms with Crippen LogP contribution in [0.3, 0.4) is 0 Å². The number of aromatic nitrogens is 2. The van der Waals surface area contributed by atoms with Crippen LogP contribution in [0.2, 0.25) is 0 Å². The summed E-state index contributed by atoms with van der Waals surface area (Å²) in [5, 5.41) is 18.0. The first kappa shape index (κ1) is 20.7. The van der Waals surface area contributed by atoms with Crippen molar-refractivity contribution in [2.45, 2.75) is 20.4 Å². The first-order valence-corrected chi connectivity index (χ1v) is 9.39. The molecule has 0 atom stereocenters. The minimum Gasteiger partial charge on any atom is -0.370 e. The van der Waals surface area contributed by atoms with Crippen LogP contribution in [0.25, 0.3) is 11.8 Å². The van der Waals surface area contributed by atoms with E-state index >= 15 is 0 Å². The van der Waals surface area contributed by atoms with E-state index in [1.165, 1.54) is 4.57 Å². The summed E-state index contributed by atoms with van der Waals surface area (Å²) in [6.45, 7) is 4.81. The number of carbonyl (C=O) groups excluding carboxylic acids is 1. The van der Waals surface area contributed by atoms with Crippen LogP contribution in [-0.2, 0) is 11.3 Å². The van der Waals surface area contributed by atoms with Crippen LogP contribution in [0.5, 0.6) is 0 Å². The third-order valence-corrected chi connectivity index (χ3v) is 4.75. The number of carbonyl (C=O) groups is 1. The molecule has 0 aromatic carbocycles. The van der Waals surface area contributed by atoms with Gasteiger partial charge in [0.15, 0.2) is 5.57 Å². The SMILES string of the molecule is C#CCNC(=O)/C(C#N)=c1\s/c(=C/Nc2ccnc(NCC)c2)c(=O)n1CC. The van der Waals surface area contributed by atoms with Crippen molar-refractivity contribution in [3.05, 3.63) is 37.9 Å². The van der Waals surface area contributed by atoms with E-state index in [1.54, 1.807) is 25.4 Å². The zero-order chi connectivity index (χ0) is 20.5. The average Bonchev–Trinajstić information content (AvgIpc) is 3.01. The van der Waals surface area contributed by atoms with Crippen molar-refractivity contribution in [3.63, 3.8) is 0 Å². The smallest absolute Gasteiger partial charge is 0.270 e. The minimum absolute atomic E-state index is 0.00244. The first-order valence-electron chi connectivity index (χ1n) is 8.58. The Bertz CT molecular complexity index is 1120. The van der Waals surface area contributed by atoms with Gasteiger partial charge in [-0.3, -0.25) is 14.2 Å². The van der Waals surface area contributed by atoms with Crippen molar-refractivity contribution in [1.82, 2.24) is 14.9 Å². The lowest BCUT2D eigenvalue weighted by Gasteiger charge is -2.04. The highest BCUT2D eigenvalue weighted by Gasteiger charge is 2.14. The molecule has 1 amide bonds. The molecule has 28 heavy (non-hydrogen) atoms. The maximum Gasteiger partial charge on any atom is 0.270 e. The predicted molar refractivity (Wildman–Crippen MR) is 111 cm³/mol. The van der Waals surface area contributed by atoms with Gasteiger partial charge in [0.2, 0.25) is 0 Å². The van der Waals surface area contributed by atoms with Crippen molar-refractivity contribution in [2.75, 3.05) is 23.7 Å². The Morgan fingerprint density at radius 3 is 2.89 bits per heavy atom. The molecule has 2 aromatic rings. The Labute approximate surface area is 166 Å². The standard InChI is InChI=1S/C19H20N6O2S/c1-4-8-23-17(26)14(11-20)19-25(6-3)18(27)15(28-19)12-24-13-7-9-22-16(10-13)21-5-2/h1,7,9-10,12H,5-6,8H2,2-3H3,(H,23,26)(H2,21,22,24)/b15-12+,19-14-. The first-order chi connectivity index (χ1) is 13.5. The molecule has 2 heterocycles. The number of nitrogens with zero attached hydrogens (tertiary/aromatic N) is 3. The van der Waals surface area contributed by atoms with Crippen LogP contribution in [0, 0.1) is 23.7 Å². The normalized spacial score (nSPS) is 11.9.